The molecule has 0 aliphatic heterocycles. The van der Waals surface area contributed by atoms with E-state index in [2.05, 4.69) is 12.1 Å². The van der Waals surface area contributed by atoms with Crippen LogP contribution in [0.5, 0.6) is 0 Å². The molecule has 5 aromatic rings. The van der Waals surface area contributed by atoms with Gasteiger partial charge >= 0.3 is 0 Å². The molecule has 3 nitrogen and oxygen atoms in total. The Bertz CT molecular complexity index is 1360. The number of aromatic nitrogens is 1. The summed E-state index contributed by atoms with van der Waals surface area (Å²) in [5, 5.41) is 5.41. The van der Waals surface area contributed by atoms with Gasteiger partial charge in [0.25, 0.3) is 11.1 Å². The molecule has 2 heterocycles. The topological polar surface area (TPSA) is 39.1 Å². The number of pyridine rings is 1. The van der Waals surface area contributed by atoms with Crippen LogP contribution in [0.15, 0.2) is 58.1 Å². The lowest BCUT2D eigenvalue weighted by atomic mass is 9.98. The number of rotatable bonds is 2. The minimum Gasteiger partial charge on any atom is -0.274 e. The summed E-state index contributed by atoms with van der Waals surface area (Å²) in [4.78, 5) is 25.8. The van der Waals surface area contributed by atoms with E-state index in [0.717, 1.165) is 27.3 Å². The Kier molecular flexibility index (Phi) is 3.00. The summed E-state index contributed by atoms with van der Waals surface area (Å²) >= 11 is 1.70. The van der Waals surface area contributed by atoms with Crippen LogP contribution in [0.4, 0.5) is 0 Å². The first-order chi connectivity index (χ1) is 12.2. The molecule has 0 unspecified atom stereocenters. The third kappa shape index (κ3) is 1.86. The van der Waals surface area contributed by atoms with E-state index >= 15 is 0 Å². The molecular weight excluding hydrogens is 330 g/mol. The normalized spacial score (nSPS) is 12.0. The van der Waals surface area contributed by atoms with Crippen molar-refractivity contribution in [3.05, 3.63) is 69.2 Å². The Morgan fingerprint density at radius 2 is 1.44 bits per heavy atom. The lowest BCUT2D eigenvalue weighted by Gasteiger charge is -2.13. The molecular formula is C21H15NO2S. The van der Waals surface area contributed by atoms with E-state index in [4.69, 9.17) is 0 Å². The highest BCUT2D eigenvalue weighted by atomic mass is 32.1. The summed E-state index contributed by atoms with van der Waals surface area (Å²) in [6, 6.07) is 16.1. The number of fused-ring (bicyclic) bond motifs is 2. The van der Waals surface area contributed by atoms with Crippen molar-refractivity contribution >= 4 is 53.1 Å². The van der Waals surface area contributed by atoms with Gasteiger partial charge in [-0.05, 0) is 41.5 Å². The van der Waals surface area contributed by atoms with Gasteiger partial charge in [-0.15, -0.1) is 11.3 Å². The Morgan fingerprint density at radius 3 is 2.20 bits per heavy atom. The molecule has 0 saturated carbocycles. The summed E-state index contributed by atoms with van der Waals surface area (Å²) in [5.41, 5.74) is -0.348. The molecule has 122 valence electrons. The van der Waals surface area contributed by atoms with E-state index in [0.29, 0.717) is 17.3 Å². The molecule has 0 fully saturated rings. The van der Waals surface area contributed by atoms with Crippen LogP contribution in [0.2, 0.25) is 0 Å². The Morgan fingerprint density at radius 1 is 0.760 bits per heavy atom. The maximum atomic E-state index is 12.9. The molecule has 0 saturated heterocycles. The molecule has 2 aromatic heterocycles. The van der Waals surface area contributed by atoms with Gasteiger partial charge in [0, 0.05) is 37.5 Å². The summed E-state index contributed by atoms with van der Waals surface area (Å²) in [6.45, 7) is 2.43. The first kappa shape index (κ1) is 14.6. The Labute approximate surface area is 147 Å². The van der Waals surface area contributed by atoms with Gasteiger partial charge < -0.3 is 0 Å². The van der Waals surface area contributed by atoms with Crippen molar-refractivity contribution in [1.82, 2.24) is 4.57 Å². The molecule has 5 rings (SSSR count). The van der Waals surface area contributed by atoms with Gasteiger partial charge in [0.1, 0.15) is 0 Å². The molecule has 0 N–H and O–H groups in total. The van der Waals surface area contributed by atoms with Crippen LogP contribution in [0.1, 0.15) is 13.3 Å². The van der Waals surface area contributed by atoms with E-state index in [1.165, 1.54) is 14.7 Å². The average molecular weight is 345 g/mol. The van der Waals surface area contributed by atoms with E-state index in [1.807, 2.05) is 43.3 Å². The van der Waals surface area contributed by atoms with Gasteiger partial charge in [-0.1, -0.05) is 31.2 Å². The molecule has 4 heteroatoms. The van der Waals surface area contributed by atoms with Crippen LogP contribution in [0, 0.1) is 0 Å². The maximum Gasteiger partial charge on any atom is 0.261 e. The van der Waals surface area contributed by atoms with E-state index < -0.39 is 0 Å². The third-order valence-corrected chi connectivity index (χ3v) is 6.05. The molecule has 0 aliphatic carbocycles. The summed E-state index contributed by atoms with van der Waals surface area (Å²) in [5.74, 6) is 0. The smallest absolute Gasteiger partial charge is 0.261 e. The fraction of sp³-hybridized carbons (Fsp3) is 0.143. The molecule has 25 heavy (non-hydrogen) atoms. The van der Waals surface area contributed by atoms with E-state index in [1.54, 1.807) is 11.3 Å². The van der Waals surface area contributed by atoms with Crippen molar-refractivity contribution in [2.75, 3.05) is 0 Å². The fourth-order valence-electron chi connectivity index (χ4n) is 3.84. The summed E-state index contributed by atoms with van der Waals surface area (Å²) in [7, 11) is 0. The van der Waals surface area contributed by atoms with Gasteiger partial charge in [-0.2, -0.15) is 0 Å². The van der Waals surface area contributed by atoms with Crippen molar-refractivity contribution in [3.63, 3.8) is 0 Å². The average Bonchev–Trinajstić information content (AvgIpc) is 2.64. The highest BCUT2D eigenvalue weighted by Crippen LogP contribution is 2.39. The summed E-state index contributed by atoms with van der Waals surface area (Å²) < 4.78 is 3.70. The molecule has 0 radical (unpaired) electrons. The van der Waals surface area contributed by atoms with Crippen LogP contribution >= 0.6 is 11.3 Å². The quantitative estimate of drug-likeness (QED) is 0.343. The molecule has 0 amide bonds. The lowest BCUT2D eigenvalue weighted by Crippen LogP contribution is -2.33. The predicted molar refractivity (Wildman–Crippen MR) is 106 cm³/mol. The van der Waals surface area contributed by atoms with Crippen molar-refractivity contribution in [1.29, 1.82) is 0 Å². The second-order valence-corrected chi connectivity index (χ2v) is 7.47. The van der Waals surface area contributed by atoms with Crippen LogP contribution in [0.3, 0.4) is 0 Å². The SMILES string of the molecule is CCCn1c(=O)c2ccc3sc4ccccc4c4ccc(c1=O)c2c34. The first-order valence-electron chi connectivity index (χ1n) is 8.44. The zero-order chi connectivity index (χ0) is 17.1. The van der Waals surface area contributed by atoms with Gasteiger partial charge in [-0.25, -0.2) is 0 Å². The van der Waals surface area contributed by atoms with Crippen molar-refractivity contribution < 1.29 is 0 Å². The van der Waals surface area contributed by atoms with Crippen molar-refractivity contribution in [3.8, 4) is 0 Å². The molecule has 0 aliphatic rings. The molecule has 3 aromatic carbocycles. The highest BCUT2D eigenvalue weighted by molar-refractivity contribution is 7.25. The third-order valence-electron chi connectivity index (χ3n) is 4.92. The number of hydrogen-bond donors (Lipinski definition) is 0. The molecule has 0 atom stereocenters. The predicted octanol–water partition coefficient (Wildman–Crippen LogP) is 4.73. The van der Waals surface area contributed by atoms with E-state index in [-0.39, 0.29) is 11.1 Å². The zero-order valence-electron chi connectivity index (χ0n) is 13.7. The number of hydrogen-bond acceptors (Lipinski definition) is 3. The van der Waals surface area contributed by atoms with Crippen molar-refractivity contribution in [2.45, 2.75) is 19.9 Å². The second kappa shape index (κ2) is 5.14. The maximum absolute atomic E-state index is 12.9. The van der Waals surface area contributed by atoms with Crippen LogP contribution in [-0.2, 0) is 6.54 Å². The van der Waals surface area contributed by atoms with Gasteiger partial charge in [0.15, 0.2) is 0 Å². The van der Waals surface area contributed by atoms with Gasteiger partial charge in [0.2, 0.25) is 0 Å². The van der Waals surface area contributed by atoms with E-state index in [9.17, 15) is 9.59 Å². The standard InChI is InChI=1S/C21H15NO2S/c1-2-11-22-20(23)14-8-7-13-12-5-3-4-6-16(12)25-17-10-9-15(21(22)24)18(14)19(13)17/h3-10H,2,11H2,1H3. The monoisotopic (exact) mass is 345 g/mol. The molecule has 0 bridgehead atoms. The largest absolute Gasteiger partial charge is 0.274 e. The van der Waals surface area contributed by atoms with Crippen LogP contribution in [0.25, 0.3) is 41.7 Å². The Balaban J connectivity index is 2.13. The molecule has 0 spiro atoms. The number of benzene rings is 3. The minimum absolute atomic E-state index is 0.174. The van der Waals surface area contributed by atoms with Crippen molar-refractivity contribution in [2.24, 2.45) is 0 Å². The Hall–Kier alpha value is -2.72. The van der Waals surface area contributed by atoms with Crippen LogP contribution < -0.4 is 11.1 Å². The van der Waals surface area contributed by atoms with Gasteiger partial charge in [0.05, 0.1) is 0 Å². The van der Waals surface area contributed by atoms with Crippen LogP contribution in [-0.4, -0.2) is 4.57 Å². The minimum atomic E-state index is -0.174. The second-order valence-electron chi connectivity index (χ2n) is 6.38. The summed E-state index contributed by atoms with van der Waals surface area (Å²) in [6.07, 6.45) is 0.759. The van der Waals surface area contributed by atoms with Gasteiger partial charge in [-0.3, -0.25) is 14.2 Å². The number of nitrogens with zero attached hydrogens (tertiary/aromatic N) is 1. The highest BCUT2D eigenvalue weighted by Gasteiger charge is 2.17. The fourth-order valence-corrected chi connectivity index (χ4v) is 4.96. The zero-order valence-corrected chi connectivity index (χ0v) is 14.5. The lowest BCUT2D eigenvalue weighted by molar-refractivity contribution is 0.643. The first-order valence-corrected chi connectivity index (χ1v) is 9.25.